The lowest BCUT2D eigenvalue weighted by molar-refractivity contribution is -0.384. The SMILES string of the molecule is Nc1[nH]nc2nnc(-c3cccc([N+](=O)[O-])c3)c(-c3ccccc3)c12. The number of nitrogen functional groups attached to an aromatic ring is 1. The Labute approximate surface area is 141 Å². The zero-order chi connectivity index (χ0) is 17.4. The molecule has 2 aromatic heterocycles. The van der Waals surface area contributed by atoms with Crippen LogP contribution in [0.2, 0.25) is 0 Å². The molecule has 0 aliphatic carbocycles. The highest BCUT2D eigenvalue weighted by Crippen LogP contribution is 2.37. The molecule has 2 heterocycles. The number of nitrogens with zero attached hydrogens (tertiary/aromatic N) is 4. The average Bonchev–Trinajstić information content (AvgIpc) is 3.03. The quantitative estimate of drug-likeness (QED) is 0.438. The van der Waals surface area contributed by atoms with Crippen LogP contribution in [-0.2, 0) is 0 Å². The topological polar surface area (TPSA) is 124 Å². The van der Waals surface area contributed by atoms with E-state index in [0.29, 0.717) is 28.1 Å². The van der Waals surface area contributed by atoms with Crippen LogP contribution in [0.4, 0.5) is 11.5 Å². The van der Waals surface area contributed by atoms with Gasteiger partial charge < -0.3 is 5.73 Å². The summed E-state index contributed by atoms with van der Waals surface area (Å²) in [6, 6.07) is 15.8. The van der Waals surface area contributed by atoms with Crippen molar-refractivity contribution in [3.8, 4) is 22.4 Å². The summed E-state index contributed by atoms with van der Waals surface area (Å²) in [5, 5.41) is 26.9. The monoisotopic (exact) mass is 332 g/mol. The highest BCUT2D eigenvalue weighted by molar-refractivity contribution is 6.04. The summed E-state index contributed by atoms with van der Waals surface area (Å²) in [5.74, 6) is 0.371. The Morgan fingerprint density at radius 2 is 1.76 bits per heavy atom. The fourth-order valence-corrected chi connectivity index (χ4v) is 2.78. The summed E-state index contributed by atoms with van der Waals surface area (Å²) in [5.41, 5.74) is 9.13. The maximum absolute atomic E-state index is 11.1. The van der Waals surface area contributed by atoms with Crippen molar-refractivity contribution in [2.45, 2.75) is 0 Å². The van der Waals surface area contributed by atoms with Gasteiger partial charge in [0.05, 0.1) is 10.3 Å². The van der Waals surface area contributed by atoms with Crippen molar-refractivity contribution in [3.63, 3.8) is 0 Å². The predicted molar refractivity (Wildman–Crippen MR) is 93.6 cm³/mol. The number of rotatable bonds is 3. The molecule has 0 aliphatic rings. The zero-order valence-corrected chi connectivity index (χ0v) is 12.9. The van der Waals surface area contributed by atoms with E-state index in [1.807, 2.05) is 30.3 Å². The van der Waals surface area contributed by atoms with E-state index in [4.69, 9.17) is 5.73 Å². The van der Waals surface area contributed by atoms with Crippen LogP contribution in [-0.4, -0.2) is 25.3 Å². The molecule has 4 aromatic rings. The minimum absolute atomic E-state index is 0.0152. The number of hydrogen-bond donors (Lipinski definition) is 2. The number of non-ortho nitro benzene ring substituents is 1. The molecule has 3 N–H and O–H groups in total. The van der Waals surface area contributed by atoms with Crippen molar-refractivity contribution in [2.24, 2.45) is 0 Å². The van der Waals surface area contributed by atoms with Crippen LogP contribution in [0.5, 0.6) is 0 Å². The van der Waals surface area contributed by atoms with E-state index in [-0.39, 0.29) is 5.69 Å². The number of anilines is 1. The van der Waals surface area contributed by atoms with Crippen molar-refractivity contribution in [3.05, 3.63) is 64.7 Å². The average molecular weight is 332 g/mol. The van der Waals surface area contributed by atoms with Crippen molar-refractivity contribution in [1.82, 2.24) is 20.4 Å². The maximum atomic E-state index is 11.1. The first-order chi connectivity index (χ1) is 12.1. The van der Waals surface area contributed by atoms with E-state index in [2.05, 4.69) is 20.4 Å². The third-order valence-electron chi connectivity index (χ3n) is 3.90. The molecule has 0 aliphatic heterocycles. The first kappa shape index (κ1) is 14.8. The summed E-state index contributed by atoms with van der Waals surface area (Å²) < 4.78 is 0. The summed E-state index contributed by atoms with van der Waals surface area (Å²) in [6.45, 7) is 0. The number of H-pyrrole nitrogens is 1. The van der Waals surface area contributed by atoms with Crippen molar-refractivity contribution in [2.75, 3.05) is 5.73 Å². The maximum Gasteiger partial charge on any atom is 0.270 e. The highest BCUT2D eigenvalue weighted by Gasteiger charge is 2.19. The number of fused-ring (bicyclic) bond motifs is 1. The van der Waals surface area contributed by atoms with Gasteiger partial charge in [-0.2, -0.15) is 5.10 Å². The Hall–Kier alpha value is -3.81. The Bertz CT molecular complexity index is 1090. The normalized spacial score (nSPS) is 10.9. The van der Waals surface area contributed by atoms with Gasteiger partial charge in [0.2, 0.25) is 5.65 Å². The van der Waals surface area contributed by atoms with Crippen molar-refractivity contribution < 1.29 is 4.92 Å². The molecule has 0 spiro atoms. The largest absolute Gasteiger partial charge is 0.383 e. The van der Waals surface area contributed by atoms with Gasteiger partial charge in [0.1, 0.15) is 11.5 Å². The second-order valence-corrected chi connectivity index (χ2v) is 5.43. The van der Waals surface area contributed by atoms with Crippen molar-refractivity contribution >= 4 is 22.5 Å². The van der Waals surface area contributed by atoms with Gasteiger partial charge in [-0.15, -0.1) is 10.2 Å². The van der Waals surface area contributed by atoms with Gasteiger partial charge in [-0.25, -0.2) is 0 Å². The van der Waals surface area contributed by atoms with Gasteiger partial charge in [-0.05, 0) is 5.56 Å². The smallest absolute Gasteiger partial charge is 0.270 e. The lowest BCUT2D eigenvalue weighted by atomic mass is 9.97. The number of benzene rings is 2. The van der Waals surface area contributed by atoms with Crippen LogP contribution in [0.25, 0.3) is 33.4 Å². The number of aromatic nitrogens is 4. The third-order valence-corrected chi connectivity index (χ3v) is 3.90. The molecule has 0 bridgehead atoms. The zero-order valence-electron chi connectivity index (χ0n) is 12.9. The second kappa shape index (κ2) is 5.68. The Balaban J connectivity index is 2.06. The molecule has 0 atom stereocenters. The van der Waals surface area contributed by atoms with Crippen LogP contribution < -0.4 is 5.73 Å². The van der Waals surface area contributed by atoms with Crippen LogP contribution in [0.1, 0.15) is 0 Å². The molecule has 4 rings (SSSR count). The summed E-state index contributed by atoms with van der Waals surface area (Å²) in [4.78, 5) is 10.7. The van der Waals surface area contributed by atoms with Gasteiger partial charge in [0, 0.05) is 23.3 Å². The molecule has 0 fully saturated rings. The van der Waals surface area contributed by atoms with E-state index in [9.17, 15) is 10.1 Å². The number of nitrogens with one attached hydrogen (secondary N) is 1. The van der Waals surface area contributed by atoms with Gasteiger partial charge in [-0.3, -0.25) is 15.2 Å². The molecule has 0 amide bonds. The van der Waals surface area contributed by atoms with Gasteiger partial charge in [-0.1, -0.05) is 42.5 Å². The lowest BCUT2D eigenvalue weighted by Gasteiger charge is -2.10. The Kier molecular flexibility index (Phi) is 3.35. The van der Waals surface area contributed by atoms with Crippen LogP contribution in [0, 0.1) is 10.1 Å². The standard InChI is InChI=1S/C17H12N6O2/c18-16-14-13(10-5-2-1-3-6-10)15(19-21-17(14)22-20-16)11-7-4-8-12(9-11)23(24)25/h1-9H,(H3,18,20,21,22). The molecule has 0 saturated heterocycles. The van der Waals surface area contributed by atoms with Crippen LogP contribution in [0.15, 0.2) is 54.6 Å². The number of nitro benzene ring substituents is 1. The molecule has 122 valence electrons. The first-order valence-electron chi connectivity index (χ1n) is 7.45. The summed E-state index contributed by atoms with van der Waals surface area (Å²) in [6.07, 6.45) is 0. The van der Waals surface area contributed by atoms with Crippen LogP contribution >= 0.6 is 0 Å². The van der Waals surface area contributed by atoms with Gasteiger partial charge in [0.15, 0.2) is 0 Å². The third kappa shape index (κ3) is 2.45. The number of hydrogen-bond acceptors (Lipinski definition) is 6. The number of aromatic amines is 1. The summed E-state index contributed by atoms with van der Waals surface area (Å²) >= 11 is 0. The van der Waals surface area contributed by atoms with Gasteiger partial charge >= 0.3 is 0 Å². The van der Waals surface area contributed by atoms with E-state index >= 15 is 0 Å². The molecule has 0 saturated carbocycles. The van der Waals surface area contributed by atoms with E-state index in [1.165, 1.54) is 12.1 Å². The second-order valence-electron chi connectivity index (χ2n) is 5.43. The number of nitro groups is 1. The Morgan fingerprint density at radius 1 is 1.00 bits per heavy atom. The molecule has 25 heavy (non-hydrogen) atoms. The lowest BCUT2D eigenvalue weighted by Crippen LogP contribution is -1.96. The van der Waals surface area contributed by atoms with Crippen LogP contribution in [0.3, 0.4) is 0 Å². The molecule has 0 radical (unpaired) electrons. The van der Waals surface area contributed by atoms with E-state index in [1.54, 1.807) is 12.1 Å². The molecule has 2 aromatic carbocycles. The fraction of sp³-hybridized carbons (Fsp3) is 0. The van der Waals surface area contributed by atoms with E-state index in [0.717, 1.165) is 11.1 Å². The molecular formula is C17H12N6O2. The van der Waals surface area contributed by atoms with Crippen molar-refractivity contribution in [1.29, 1.82) is 0 Å². The molecule has 0 unspecified atom stereocenters. The Morgan fingerprint density at radius 3 is 2.52 bits per heavy atom. The predicted octanol–water partition coefficient (Wildman–Crippen LogP) is 3.18. The minimum Gasteiger partial charge on any atom is -0.383 e. The highest BCUT2D eigenvalue weighted by atomic mass is 16.6. The van der Waals surface area contributed by atoms with E-state index < -0.39 is 4.92 Å². The van der Waals surface area contributed by atoms with Gasteiger partial charge in [0.25, 0.3) is 5.69 Å². The minimum atomic E-state index is -0.441. The fourth-order valence-electron chi connectivity index (χ4n) is 2.78. The molecule has 8 heteroatoms. The number of nitrogens with two attached hydrogens (primary N) is 1. The first-order valence-corrected chi connectivity index (χ1v) is 7.45. The molecule has 8 nitrogen and oxygen atoms in total. The molecular weight excluding hydrogens is 320 g/mol. The summed E-state index contributed by atoms with van der Waals surface area (Å²) in [7, 11) is 0.